The normalized spacial score (nSPS) is 16.3. The number of pyridine rings is 2. The van der Waals surface area contributed by atoms with Crippen LogP contribution in [0.2, 0.25) is 0 Å². The summed E-state index contributed by atoms with van der Waals surface area (Å²) in [7, 11) is 3.18. The topological polar surface area (TPSA) is 103 Å². The molecule has 10 heteroatoms. The van der Waals surface area contributed by atoms with Crippen LogP contribution in [0.3, 0.4) is 0 Å². The van der Waals surface area contributed by atoms with Gasteiger partial charge in [-0.3, -0.25) is 9.48 Å². The number of anilines is 1. The molecule has 1 fully saturated rings. The van der Waals surface area contributed by atoms with Crippen LogP contribution in [0.5, 0.6) is 5.75 Å². The predicted molar refractivity (Wildman–Crippen MR) is 128 cm³/mol. The van der Waals surface area contributed by atoms with Crippen LogP contribution in [0.1, 0.15) is 34.1 Å². The molecule has 0 bridgehead atoms. The van der Waals surface area contributed by atoms with Gasteiger partial charge in [0.2, 0.25) is 0 Å². The van der Waals surface area contributed by atoms with Crippen LogP contribution in [0.25, 0.3) is 10.9 Å². The lowest BCUT2D eigenvalue weighted by molar-refractivity contribution is 0.0938. The molecule has 9 nitrogen and oxygen atoms in total. The minimum absolute atomic E-state index is 0.128. The summed E-state index contributed by atoms with van der Waals surface area (Å²) < 4.78 is 26.5. The number of nitrogens with zero attached hydrogens (tertiary/aromatic N) is 4. The quantitative estimate of drug-likeness (QED) is 0.422. The molecule has 0 saturated carbocycles. The number of nitrogens with one attached hydrogen (secondary N) is 2. The first kappa shape index (κ1) is 22.7. The van der Waals surface area contributed by atoms with Crippen molar-refractivity contribution < 1.29 is 18.7 Å². The van der Waals surface area contributed by atoms with Crippen LogP contribution in [0.15, 0.2) is 55.0 Å². The number of methoxy groups -OCH3 is 1. The first-order valence-corrected chi connectivity index (χ1v) is 11.2. The lowest BCUT2D eigenvalue weighted by atomic mass is 10.0. The van der Waals surface area contributed by atoms with E-state index in [1.807, 2.05) is 6.07 Å². The average Bonchev–Trinajstić information content (AvgIpc) is 3.53. The second-order valence-corrected chi connectivity index (χ2v) is 8.41. The van der Waals surface area contributed by atoms with Crippen molar-refractivity contribution in [2.75, 3.05) is 25.6 Å². The molecule has 4 aromatic rings. The average molecular weight is 477 g/mol. The van der Waals surface area contributed by atoms with Crippen molar-refractivity contribution in [3.63, 3.8) is 0 Å². The Kier molecular flexibility index (Phi) is 6.28. The van der Waals surface area contributed by atoms with Gasteiger partial charge in [-0.25, -0.2) is 14.4 Å². The minimum atomic E-state index is -0.633. The van der Waals surface area contributed by atoms with Gasteiger partial charge in [-0.2, -0.15) is 5.10 Å². The first-order chi connectivity index (χ1) is 17.0. The van der Waals surface area contributed by atoms with E-state index in [9.17, 15) is 9.18 Å². The maximum absolute atomic E-state index is 14.5. The van der Waals surface area contributed by atoms with E-state index in [0.717, 1.165) is 18.4 Å². The Bertz CT molecular complexity index is 1370. The molecule has 180 valence electrons. The van der Waals surface area contributed by atoms with Crippen molar-refractivity contribution in [1.82, 2.24) is 25.1 Å². The number of carbonyl (C=O) groups excluding carboxylic acids is 1. The number of rotatable bonds is 7. The summed E-state index contributed by atoms with van der Waals surface area (Å²) in [4.78, 5) is 22.3. The van der Waals surface area contributed by atoms with Crippen molar-refractivity contribution in [1.29, 1.82) is 0 Å². The van der Waals surface area contributed by atoms with Crippen LogP contribution in [0.4, 0.5) is 10.2 Å². The van der Waals surface area contributed by atoms with Crippen LogP contribution in [-0.4, -0.2) is 52.0 Å². The van der Waals surface area contributed by atoms with E-state index in [2.05, 4.69) is 25.7 Å². The monoisotopic (exact) mass is 476 g/mol. The van der Waals surface area contributed by atoms with Crippen molar-refractivity contribution in [2.24, 2.45) is 7.05 Å². The molecule has 5 rings (SSSR count). The highest BCUT2D eigenvalue weighted by Crippen LogP contribution is 2.27. The summed E-state index contributed by atoms with van der Waals surface area (Å²) >= 11 is 0. The molecule has 1 amide bonds. The first-order valence-electron chi connectivity index (χ1n) is 11.2. The standard InChI is InChI=1S/C25H25FN6O3/c1-32-13-17(12-28-32)24(15-4-6-22(34-2)19(26)9-15)31-25(33)20-5-3-16-11-27-23(10-21(16)30-20)29-18-7-8-35-14-18/h3-6,9-13,18,24H,7-8,14H2,1-2H3,(H,27,29)(H,31,33)/t18-,24+/m1/s1. The van der Waals surface area contributed by atoms with Gasteiger partial charge in [0, 0.05) is 43.1 Å². The van der Waals surface area contributed by atoms with Crippen molar-refractivity contribution in [3.05, 3.63) is 77.6 Å². The number of ether oxygens (including phenoxy) is 2. The molecule has 35 heavy (non-hydrogen) atoms. The van der Waals surface area contributed by atoms with Crippen LogP contribution in [0, 0.1) is 5.82 Å². The van der Waals surface area contributed by atoms with Gasteiger partial charge in [-0.1, -0.05) is 6.07 Å². The van der Waals surface area contributed by atoms with Gasteiger partial charge < -0.3 is 20.1 Å². The van der Waals surface area contributed by atoms with Gasteiger partial charge in [0.1, 0.15) is 11.5 Å². The number of aryl methyl sites for hydroxylation is 1. The number of carbonyl (C=O) groups is 1. The molecule has 0 unspecified atom stereocenters. The highest BCUT2D eigenvalue weighted by Gasteiger charge is 2.22. The third kappa shape index (κ3) is 4.92. The molecule has 0 aliphatic carbocycles. The largest absolute Gasteiger partial charge is 0.494 e. The third-order valence-corrected chi connectivity index (χ3v) is 5.93. The zero-order valence-electron chi connectivity index (χ0n) is 19.4. The number of aromatic nitrogens is 4. The molecular formula is C25H25FN6O3. The van der Waals surface area contributed by atoms with E-state index in [1.54, 1.807) is 48.5 Å². The molecule has 1 saturated heterocycles. The summed E-state index contributed by atoms with van der Waals surface area (Å²) in [6.07, 6.45) is 6.05. The zero-order valence-corrected chi connectivity index (χ0v) is 19.4. The van der Waals surface area contributed by atoms with Crippen molar-refractivity contribution >= 4 is 22.6 Å². The molecule has 4 heterocycles. The van der Waals surface area contributed by atoms with E-state index in [-0.39, 0.29) is 17.5 Å². The molecule has 2 atom stereocenters. The second-order valence-electron chi connectivity index (χ2n) is 8.41. The Morgan fingerprint density at radius 2 is 2.11 bits per heavy atom. The van der Waals surface area contributed by atoms with E-state index in [1.165, 1.54) is 19.2 Å². The smallest absolute Gasteiger partial charge is 0.270 e. The van der Waals surface area contributed by atoms with Crippen molar-refractivity contribution in [3.8, 4) is 5.75 Å². The Labute approximate surface area is 201 Å². The lowest BCUT2D eigenvalue weighted by Crippen LogP contribution is -2.30. The molecule has 2 N–H and O–H groups in total. The van der Waals surface area contributed by atoms with E-state index >= 15 is 0 Å². The maximum atomic E-state index is 14.5. The predicted octanol–water partition coefficient (Wildman–Crippen LogP) is 3.23. The fourth-order valence-electron chi connectivity index (χ4n) is 4.09. The molecule has 1 aliphatic heterocycles. The van der Waals surface area contributed by atoms with E-state index < -0.39 is 17.8 Å². The summed E-state index contributed by atoms with van der Waals surface area (Å²) in [5.74, 6) is -0.104. The highest BCUT2D eigenvalue weighted by molar-refractivity contribution is 5.95. The van der Waals surface area contributed by atoms with Gasteiger partial charge in [0.15, 0.2) is 11.6 Å². The zero-order chi connectivity index (χ0) is 24.4. The molecular weight excluding hydrogens is 451 g/mol. The Morgan fingerprint density at radius 1 is 1.23 bits per heavy atom. The second kappa shape index (κ2) is 9.67. The van der Waals surface area contributed by atoms with Crippen LogP contribution < -0.4 is 15.4 Å². The van der Waals surface area contributed by atoms with E-state index in [4.69, 9.17) is 9.47 Å². The number of amides is 1. The molecule has 0 radical (unpaired) electrons. The van der Waals surface area contributed by atoms with Gasteiger partial charge in [-0.05, 0) is 36.2 Å². The minimum Gasteiger partial charge on any atom is -0.494 e. The van der Waals surface area contributed by atoms with Gasteiger partial charge >= 0.3 is 0 Å². The van der Waals surface area contributed by atoms with Gasteiger partial charge in [0.05, 0.1) is 37.5 Å². The maximum Gasteiger partial charge on any atom is 0.270 e. The molecule has 0 spiro atoms. The fraction of sp³-hybridized carbons (Fsp3) is 0.280. The number of hydrogen-bond donors (Lipinski definition) is 2. The molecule has 1 aromatic carbocycles. The SMILES string of the molecule is COc1ccc([C@H](NC(=O)c2ccc3cnc(N[C@@H]4CCOC4)cc3n2)c2cnn(C)c2)cc1F. The van der Waals surface area contributed by atoms with E-state index in [0.29, 0.717) is 29.1 Å². The summed E-state index contributed by atoms with van der Waals surface area (Å²) in [6.45, 7) is 1.36. The van der Waals surface area contributed by atoms with Gasteiger partial charge in [0.25, 0.3) is 5.91 Å². The summed E-state index contributed by atoms with van der Waals surface area (Å²) in [5.41, 5.74) is 2.14. The lowest BCUT2D eigenvalue weighted by Gasteiger charge is -2.19. The number of halogens is 1. The fourth-order valence-corrected chi connectivity index (χ4v) is 4.09. The Hall–Kier alpha value is -4.05. The van der Waals surface area contributed by atoms with Crippen LogP contribution in [-0.2, 0) is 11.8 Å². The summed E-state index contributed by atoms with van der Waals surface area (Å²) in [5, 5.41) is 11.3. The van der Waals surface area contributed by atoms with Crippen molar-refractivity contribution in [2.45, 2.75) is 18.5 Å². The number of benzene rings is 1. The third-order valence-electron chi connectivity index (χ3n) is 5.93. The van der Waals surface area contributed by atoms with Crippen LogP contribution >= 0.6 is 0 Å². The Morgan fingerprint density at radius 3 is 2.83 bits per heavy atom. The number of fused-ring (bicyclic) bond motifs is 1. The summed E-state index contributed by atoms with van der Waals surface area (Å²) in [6, 6.07) is 9.44. The van der Waals surface area contributed by atoms with Gasteiger partial charge in [-0.15, -0.1) is 0 Å². The number of hydrogen-bond acceptors (Lipinski definition) is 7. The Balaban J connectivity index is 1.42. The molecule has 1 aliphatic rings. The highest BCUT2D eigenvalue weighted by atomic mass is 19.1. The molecule has 3 aromatic heterocycles.